The number of carbonyl (C=O) groups excluding carboxylic acids is 2. The number of anilines is 3. The van der Waals surface area contributed by atoms with E-state index in [1.165, 1.54) is 16.0 Å². The van der Waals surface area contributed by atoms with Crippen LogP contribution >= 0.6 is 0 Å². The molecule has 0 spiro atoms. The fourth-order valence-electron chi connectivity index (χ4n) is 7.33. The molecule has 3 heterocycles. The molecule has 7 nitrogen and oxygen atoms in total. The molecule has 3 aromatic carbocycles. The first-order chi connectivity index (χ1) is 22.5. The summed E-state index contributed by atoms with van der Waals surface area (Å²) < 4.78 is 6.46. The van der Waals surface area contributed by atoms with Crippen molar-refractivity contribution >= 4 is 40.5 Å². The van der Waals surface area contributed by atoms with Gasteiger partial charge in [0.15, 0.2) is 0 Å². The van der Waals surface area contributed by atoms with Gasteiger partial charge in [0, 0.05) is 23.5 Å². The SMILES string of the molecule is CCC1=C2[C@@H](CC/C(=C/c3ccc(O)cc3)c3ccccn3)OC[C@@H]2[C@@H]2C(=O)N(c3ccc(Nc4ccccc4)cc3)C(=O)[C@@H]2C1. The summed E-state index contributed by atoms with van der Waals surface area (Å²) in [5.74, 6) is -0.874. The molecule has 46 heavy (non-hydrogen) atoms. The lowest BCUT2D eigenvalue weighted by Crippen LogP contribution is -2.34. The molecule has 2 fully saturated rings. The second-order valence-corrected chi connectivity index (χ2v) is 12.2. The Morgan fingerprint density at radius 3 is 2.37 bits per heavy atom. The van der Waals surface area contributed by atoms with Gasteiger partial charge in [0.2, 0.25) is 11.8 Å². The van der Waals surface area contributed by atoms with Gasteiger partial charge < -0.3 is 15.2 Å². The molecule has 0 radical (unpaired) electrons. The summed E-state index contributed by atoms with van der Waals surface area (Å²) in [7, 11) is 0. The van der Waals surface area contributed by atoms with Crippen molar-refractivity contribution in [3.63, 3.8) is 0 Å². The van der Waals surface area contributed by atoms with E-state index in [9.17, 15) is 14.7 Å². The lowest BCUT2D eigenvalue weighted by atomic mass is 9.69. The molecule has 4 atom stereocenters. The number of benzene rings is 3. The van der Waals surface area contributed by atoms with Gasteiger partial charge in [-0.3, -0.25) is 19.5 Å². The number of pyridine rings is 1. The fraction of sp³-hybridized carbons (Fsp3) is 0.256. The molecule has 1 aliphatic carbocycles. The number of aromatic hydroxyl groups is 1. The van der Waals surface area contributed by atoms with Crippen LogP contribution in [0.25, 0.3) is 11.6 Å². The van der Waals surface area contributed by atoms with Gasteiger partial charge in [0.1, 0.15) is 5.75 Å². The Labute approximate surface area is 269 Å². The number of amides is 2. The Morgan fingerprint density at radius 2 is 1.65 bits per heavy atom. The number of para-hydroxylation sites is 1. The highest BCUT2D eigenvalue weighted by Gasteiger charge is 2.57. The van der Waals surface area contributed by atoms with Gasteiger partial charge >= 0.3 is 0 Å². The van der Waals surface area contributed by atoms with Gasteiger partial charge in [-0.1, -0.05) is 48.9 Å². The highest BCUT2D eigenvalue weighted by Crippen LogP contribution is 2.51. The van der Waals surface area contributed by atoms with Crippen molar-refractivity contribution in [2.24, 2.45) is 17.8 Å². The molecule has 7 heteroatoms. The number of carbonyl (C=O) groups is 2. The molecule has 0 bridgehead atoms. The lowest BCUT2D eigenvalue weighted by molar-refractivity contribution is -0.122. The second kappa shape index (κ2) is 12.8. The second-order valence-electron chi connectivity index (χ2n) is 12.2. The maximum Gasteiger partial charge on any atom is 0.238 e. The fourth-order valence-corrected chi connectivity index (χ4v) is 7.33. The van der Waals surface area contributed by atoms with E-state index in [0.717, 1.165) is 47.5 Å². The number of nitrogens with zero attached hydrogens (tertiary/aromatic N) is 2. The summed E-state index contributed by atoms with van der Waals surface area (Å²) in [6, 6.07) is 30.4. The summed E-state index contributed by atoms with van der Waals surface area (Å²) in [5.41, 5.74) is 7.90. The van der Waals surface area contributed by atoms with Crippen molar-refractivity contribution in [1.29, 1.82) is 0 Å². The Balaban J connectivity index is 1.10. The number of hydrogen-bond acceptors (Lipinski definition) is 6. The van der Waals surface area contributed by atoms with Crippen molar-refractivity contribution < 1.29 is 19.4 Å². The zero-order chi connectivity index (χ0) is 31.6. The molecule has 3 aliphatic rings. The van der Waals surface area contributed by atoms with Crippen LogP contribution in [0.1, 0.15) is 43.9 Å². The topological polar surface area (TPSA) is 91.8 Å². The molecular weight excluding hydrogens is 574 g/mol. The van der Waals surface area contributed by atoms with Crippen LogP contribution in [-0.2, 0) is 14.3 Å². The number of nitrogens with one attached hydrogen (secondary N) is 1. The number of phenols is 1. The average Bonchev–Trinajstić information content (AvgIpc) is 3.62. The zero-order valence-corrected chi connectivity index (χ0v) is 25.8. The smallest absolute Gasteiger partial charge is 0.238 e. The van der Waals surface area contributed by atoms with Crippen molar-refractivity contribution in [3.8, 4) is 5.75 Å². The van der Waals surface area contributed by atoms with Crippen molar-refractivity contribution in [2.45, 2.75) is 38.7 Å². The molecule has 2 aliphatic heterocycles. The number of rotatable bonds is 9. The van der Waals surface area contributed by atoms with Gasteiger partial charge in [-0.15, -0.1) is 0 Å². The minimum atomic E-state index is -0.410. The van der Waals surface area contributed by atoms with E-state index in [1.54, 1.807) is 18.3 Å². The molecule has 2 N–H and O–H groups in total. The van der Waals surface area contributed by atoms with E-state index in [-0.39, 0.29) is 35.5 Å². The van der Waals surface area contributed by atoms with E-state index in [0.29, 0.717) is 18.7 Å². The third kappa shape index (κ3) is 5.74. The first kappa shape index (κ1) is 29.7. The Hall–Kier alpha value is -5.01. The van der Waals surface area contributed by atoms with Gasteiger partial charge in [-0.25, -0.2) is 0 Å². The molecule has 0 saturated carbocycles. The number of ether oxygens (including phenoxy) is 1. The van der Waals surface area contributed by atoms with Crippen LogP contribution in [0.2, 0.25) is 0 Å². The van der Waals surface area contributed by atoms with Gasteiger partial charge in [-0.2, -0.15) is 0 Å². The van der Waals surface area contributed by atoms with Crippen LogP contribution in [-0.4, -0.2) is 34.6 Å². The average molecular weight is 612 g/mol. The highest BCUT2D eigenvalue weighted by molar-refractivity contribution is 6.22. The summed E-state index contributed by atoms with van der Waals surface area (Å²) in [6.45, 7) is 2.58. The van der Waals surface area contributed by atoms with Crippen molar-refractivity contribution in [1.82, 2.24) is 4.98 Å². The van der Waals surface area contributed by atoms with Crippen LogP contribution in [0.3, 0.4) is 0 Å². The minimum Gasteiger partial charge on any atom is -0.508 e. The normalized spacial score (nSPS) is 22.6. The lowest BCUT2D eigenvalue weighted by Gasteiger charge is -2.31. The Kier molecular flexibility index (Phi) is 8.24. The van der Waals surface area contributed by atoms with Gasteiger partial charge in [-0.05, 0) is 109 Å². The molecule has 2 saturated heterocycles. The van der Waals surface area contributed by atoms with E-state index in [2.05, 4.69) is 23.3 Å². The van der Waals surface area contributed by atoms with Gasteiger partial charge in [0.25, 0.3) is 0 Å². The Morgan fingerprint density at radius 1 is 0.913 bits per heavy atom. The van der Waals surface area contributed by atoms with Crippen LogP contribution in [0.15, 0.2) is 114 Å². The molecule has 232 valence electrons. The maximum atomic E-state index is 14.0. The third-order valence-electron chi connectivity index (χ3n) is 9.53. The largest absolute Gasteiger partial charge is 0.508 e. The van der Waals surface area contributed by atoms with Crippen LogP contribution in [0.5, 0.6) is 5.75 Å². The molecular formula is C39H37N3O4. The van der Waals surface area contributed by atoms with E-state index in [4.69, 9.17) is 4.74 Å². The molecule has 0 unspecified atom stereocenters. The molecule has 4 aromatic rings. The quantitative estimate of drug-likeness (QED) is 0.148. The highest BCUT2D eigenvalue weighted by atomic mass is 16.5. The van der Waals surface area contributed by atoms with Gasteiger partial charge in [0.05, 0.1) is 35.9 Å². The zero-order valence-electron chi connectivity index (χ0n) is 25.8. The van der Waals surface area contributed by atoms with Crippen LogP contribution in [0, 0.1) is 17.8 Å². The number of imide groups is 1. The summed E-state index contributed by atoms with van der Waals surface area (Å²) in [6.07, 6.45) is 6.68. The standard InChI is InChI=1S/C39H37N3O4/c1-2-26-23-32-37(39(45)42(38(32)44)30-16-14-29(15-17-30)41-28-8-4-3-5-9-28)33-24-46-35(36(26)33)20-13-27(34-10-6-7-21-40-34)22-25-11-18-31(43)19-12-25/h3-12,14-19,21-22,32-33,35,37,41,43H,2,13,20,23-24H2,1H3/b27-22-/t32-,33+,35-,37-/m1/s1. The number of aromatic nitrogens is 1. The van der Waals surface area contributed by atoms with E-state index >= 15 is 0 Å². The summed E-state index contributed by atoms with van der Waals surface area (Å²) in [5, 5.41) is 13.1. The summed E-state index contributed by atoms with van der Waals surface area (Å²) in [4.78, 5) is 33.9. The van der Waals surface area contributed by atoms with Crippen molar-refractivity contribution in [3.05, 3.63) is 126 Å². The molecule has 7 rings (SSSR count). The minimum absolute atomic E-state index is 0.0986. The summed E-state index contributed by atoms with van der Waals surface area (Å²) >= 11 is 0. The number of fused-ring (bicyclic) bond motifs is 3. The maximum absolute atomic E-state index is 14.0. The molecule has 2 amide bonds. The number of hydrogen-bond donors (Lipinski definition) is 2. The van der Waals surface area contributed by atoms with Crippen LogP contribution < -0.4 is 10.2 Å². The van der Waals surface area contributed by atoms with Crippen molar-refractivity contribution in [2.75, 3.05) is 16.8 Å². The number of allylic oxidation sites excluding steroid dienone is 2. The van der Waals surface area contributed by atoms with E-state index in [1.807, 2.05) is 84.9 Å². The van der Waals surface area contributed by atoms with E-state index < -0.39 is 5.92 Å². The molecule has 1 aromatic heterocycles. The first-order valence-corrected chi connectivity index (χ1v) is 16.0. The third-order valence-corrected chi connectivity index (χ3v) is 9.53. The first-order valence-electron chi connectivity index (χ1n) is 16.0. The monoisotopic (exact) mass is 611 g/mol. The Bertz CT molecular complexity index is 1780. The predicted octanol–water partition coefficient (Wildman–Crippen LogP) is 7.78. The van der Waals surface area contributed by atoms with Crippen LogP contribution in [0.4, 0.5) is 17.1 Å². The number of phenolic OH excluding ortho intramolecular Hbond substituents is 1. The predicted molar refractivity (Wildman–Crippen MR) is 180 cm³/mol.